The molecular weight excluding hydrogens is 199 g/mol. The van der Waals surface area contributed by atoms with E-state index in [2.05, 4.69) is 32.1 Å². The van der Waals surface area contributed by atoms with Crippen molar-refractivity contribution < 1.29 is 20.3 Å². The van der Waals surface area contributed by atoms with Crippen LogP contribution in [0.5, 0.6) is 0 Å². The van der Waals surface area contributed by atoms with E-state index in [4.69, 9.17) is 0 Å². The number of hydrogen-bond acceptors (Lipinski definition) is 0. The molecular formula is C16H21Li. The number of rotatable bonds is 2. The molecule has 0 bridgehead atoms. The fraction of sp³-hybridized carbons (Fsp3) is 0.500. The Balaban J connectivity index is 0.000000810. The van der Waals surface area contributed by atoms with Crippen molar-refractivity contribution in [2.45, 2.75) is 46.0 Å². The largest absolute Gasteiger partial charge is 1.00 e. The van der Waals surface area contributed by atoms with Crippen LogP contribution in [0, 0.1) is 5.92 Å². The molecule has 3 rings (SSSR count). The molecule has 0 unspecified atom stereocenters. The number of hydrogen-bond donors (Lipinski definition) is 0. The van der Waals surface area contributed by atoms with E-state index in [-0.39, 0.29) is 20.3 Å². The zero-order valence-corrected chi connectivity index (χ0v) is 11.3. The predicted molar refractivity (Wildman–Crippen MR) is 70.7 cm³/mol. The fourth-order valence-electron chi connectivity index (χ4n) is 3.12. The minimum absolute atomic E-state index is 0. The van der Waals surface area contributed by atoms with E-state index in [1.165, 1.54) is 32.1 Å². The molecule has 2 aliphatic carbocycles. The summed E-state index contributed by atoms with van der Waals surface area (Å²) in [6.07, 6.45) is 8.83. The second kappa shape index (κ2) is 5.05. The van der Waals surface area contributed by atoms with E-state index in [0.717, 1.165) is 5.92 Å². The van der Waals surface area contributed by atoms with E-state index in [1.54, 1.807) is 27.8 Å². The summed E-state index contributed by atoms with van der Waals surface area (Å²) in [5, 5.41) is 0. The summed E-state index contributed by atoms with van der Waals surface area (Å²) < 4.78 is 0. The average molecular weight is 220 g/mol. The predicted octanol–water partition coefficient (Wildman–Crippen LogP) is 1.28. The summed E-state index contributed by atoms with van der Waals surface area (Å²) in [6, 6.07) is 4.96. The zero-order chi connectivity index (χ0) is 11.1. The molecule has 17 heavy (non-hydrogen) atoms. The quantitative estimate of drug-likeness (QED) is 0.659. The maximum absolute atomic E-state index is 2.48. The number of benzene rings is 1. The number of aryl methyl sites for hydroxylation is 2. The molecule has 0 aromatic heterocycles. The Morgan fingerprint density at radius 2 is 1.82 bits per heavy atom. The van der Waals surface area contributed by atoms with Gasteiger partial charge in [-0.15, -0.1) is 0 Å². The van der Waals surface area contributed by atoms with E-state index < -0.39 is 0 Å². The van der Waals surface area contributed by atoms with Gasteiger partial charge >= 0.3 is 18.9 Å². The van der Waals surface area contributed by atoms with Crippen molar-refractivity contribution in [1.82, 2.24) is 0 Å². The van der Waals surface area contributed by atoms with Gasteiger partial charge in [0.05, 0.1) is 0 Å². The van der Waals surface area contributed by atoms with Gasteiger partial charge in [0, 0.05) is 0 Å². The molecule has 0 aliphatic heterocycles. The second-order valence-electron chi connectivity index (χ2n) is 5.66. The van der Waals surface area contributed by atoms with Crippen molar-refractivity contribution in [2.75, 3.05) is 0 Å². The third-order valence-corrected chi connectivity index (χ3v) is 3.86. The molecule has 0 amide bonds. The molecule has 1 heteroatoms. The summed E-state index contributed by atoms with van der Waals surface area (Å²) in [5.41, 5.74) is 7.98. The third kappa shape index (κ3) is 2.39. The third-order valence-electron chi connectivity index (χ3n) is 3.86. The number of fused-ring (bicyclic) bond motifs is 2. The summed E-state index contributed by atoms with van der Waals surface area (Å²) >= 11 is 0. The van der Waals surface area contributed by atoms with E-state index in [1.807, 2.05) is 0 Å². The fourth-order valence-corrected chi connectivity index (χ4v) is 3.12. The average Bonchev–Trinajstić information content (AvgIpc) is 2.81. The van der Waals surface area contributed by atoms with Crippen LogP contribution in [-0.2, 0) is 19.3 Å². The molecule has 0 saturated heterocycles. The molecule has 0 fully saturated rings. The first kappa shape index (κ1) is 13.0. The van der Waals surface area contributed by atoms with Crippen molar-refractivity contribution in [3.8, 4) is 0 Å². The van der Waals surface area contributed by atoms with Gasteiger partial charge in [-0.1, -0.05) is 32.1 Å². The molecule has 1 aromatic rings. The van der Waals surface area contributed by atoms with Gasteiger partial charge in [0.1, 0.15) is 0 Å². The molecule has 0 saturated carbocycles. The van der Waals surface area contributed by atoms with Crippen LogP contribution in [0.2, 0.25) is 0 Å². The molecule has 0 spiro atoms. The van der Waals surface area contributed by atoms with Crippen LogP contribution in [0.25, 0.3) is 5.57 Å². The van der Waals surface area contributed by atoms with Crippen LogP contribution in [0.3, 0.4) is 0 Å². The van der Waals surface area contributed by atoms with E-state index >= 15 is 0 Å². The Morgan fingerprint density at radius 1 is 1.12 bits per heavy atom. The first-order valence-electron chi connectivity index (χ1n) is 6.58. The van der Waals surface area contributed by atoms with Gasteiger partial charge in [0.15, 0.2) is 0 Å². The molecule has 86 valence electrons. The smallest absolute Gasteiger partial charge is 1.00 e. The maximum atomic E-state index is 2.48. The van der Waals surface area contributed by atoms with Crippen molar-refractivity contribution in [1.29, 1.82) is 0 Å². The van der Waals surface area contributed by atoms with Crippen LogP contribution in [0.1, 0.15) is 50.4 Å². The molecule has 2 aliphatic rings. The van der Waals surface area contributed by atoms with E-state index in [0.29, 0.717) is 0 Å². The monoisotopic (exact) mass is 220 g/mol. The van der Waals surface area contributed by atoms with Crippen LogP contribution in [-0.4, -0.2) is 0 Å². The van der Waals surface area contributed by atoms with Crippen LogP contribution < -0.4 is 18.9 Å². The Bertz CT molecular complexity index is 460. The van der Waals surface area contributed by atoms with Crippen molar-refractivity contribution in [3.63, 3.8) is 0 Å². The Hall–Kier alpha value is -0.443. The van der Waals surface area contributed by atoms with Gasteiger partial charge in [0.25, 0.3) is 0 Å². The molecule has 1 aromatic carbocycles. The molecule has 0 radical (unpaired) electrons. The van der Waals surface area contributed by atoms with Crippen LogP contribution in [0.4, 0.5) is 0 Å². The second-order valence-corrected chi connectivity index (χ2v) is 5.66. The van der Waals surface area contributed by atoms with Gasteiger partial charge in [-0.3, -0.25) is 0 Å². The molecule has 0 heterocycles. The van der Waals surface area contributed by atoms with Crippen LogP contribution in [0.15, 0.2) is 18.2 Å². The Kier molecular flexibility index (Phi) is 3.86. The van der Waals surface area contributed by atoms with Gasteiger partial charge in [-0.2, -0.15) is 0 Å². The van der Waals surface area contributed by atoms with Crippen molar-refractivity contribution >= 4 is 5.57 Å². The molecule has 0 nitrogen and oxygen atoms in total. The van der Waals surface area contributed by atoms with Gasteiger partial charge < -0.3 is 1.43 Å². The summed E-state index contributed by atoms with van der Waals surface area (Å²) in [4.78, 5) is 0. The normalized spacial score (nSPS) is 16.5. The van der Waals surface area contributed by atoms with Gasteiger partial charge in [-0.05, 0) is 65.8 Å². The Labute approximate surface area is 118 Å². The SMILES string of the molecule is CC(C)CC1=CCc2cc3c(cc21)CCC3.[H-].[Li+]. The Morgan fingerprint density at radius 3 is 2.53 bits per heavy atom. The van der Waals surface area contributed by atoms with Crippen LogP contribution >= 0.6 is 0 Å². The van der Waals surface area contributed by atoms with Gasteiger partial charge in [-0.25, -0.2) is 0 Å². The van der Waals surface area contributed by atoms with Crippen molar-refractivity contribution in [2.24, 2.45) is 5.92 Å². The first-order chi connectivity index (χ1) is 7.74. The maximum Gasteiger partial charge on any atom is 1.00 e. The first-order valence-corrected chi connectivity index (χ1v) is 6.58. The molecule has 0 N–H and O–H groups in total. The summed E-state index contributed by atoms with van der Waals surface area (Å²) in [7, 11) is 0. The summed E-state index contributed by atoms with van der Waals surface area (Å²) in [5.74, 6) is 0.769. The van der Waals surface area contributed by atoms with Crippen molar-refractivity contribution in [3.05, 3.63) is 40.5 Å². The molecule has 0 atom stereocenters. The van der Waals surface area contributed by atoms with E-state index in [9.17, 15) is 0 Å². The minimum Gasteiger partial charge on any atom is -1.00 e. The summed E-state index contributed by atoms with van der Waals surface area (Å²) in [6.45, 7) is 4.62. The zero-order valence-electron chi connectivity index (χ0n) is 12.3. The number of allylic oxidation sites excluding steroid dienone is 2. The topological polar surface area (TPSA) is 0 Å². The minimum atomic E-state index is 0. The standard InChI is InChI=1S/C16H20.Li.H/c1-11(2)8-14-6-7-15-9-12-4-3-5-13(12)10-16(14)15;;/h6,9-11H,3-5,7-8H2,1-2H3;;/q;+1;-1. The van der Waals surface area contributed by atoms with Gasteiger partial charge in [0.2, 0.25) is 0 Å².